The van der Waals surface area contributed by atoms with Crippen molar-refractivity contribution >= 4 is 11.7 Å². The van der Waals surface area contributed by atoms with Gasteiger partial charge in [-0.25, -0.2) is 0 Å². The number of amides is 1. The van der Waals surface area contributed by atoms with Crippen LogP contribution in [0.5, 0.6) is 11.5 Å². The molecule has 0 radical (unpaired) electrons. The van der Waals surface area contributed by atoms with Gasteiger partial charge in [0.25, 0.3) is 5.91 Å². The number of nitrogens with zero attached hydrogens (tertiary/aromatic N) is 2. The third-order valence-corrected chi connectivity index (χ3v) is 4.61. The maximum atomic E-state index is 12.8. The summed E-state index contributed by atoms with van der Waals surface area (Å²) in [5, 5.41) is 7.00. The second-order valence-electron chi connectivity index (χ2n) is 7.28. The van der Waals surface area contributed by atoms with Gasteiger partial charge in [-0.15, -0.1) is 0 Å². The van der Waals surface area contributed by atoms with E-state index in [1.165, 1.54) is 0 Å². The number of hydrogen-bond donors (Lipinski definition) is 1. The van der Waals surface area contributed by atoms with E-state index in [-0.39, 0.29) is 12.0 Å². The molecule has 1 atom stereocenters. The molecule has 0 aliphatic heterocycles. The molecule has 0 saturated carbocycles. The smallest absolute Gasteiger partial charge is 0.257 e. The molecule has 0 aliphatic carbocycles. The van der Waals surface area contributed by atoms with E-state index >= 15 is 0 Å². The first kappa shape index (κ1) is 22.4. The van der Waals surface area contributed by atoms with Crippen LogP contribution in [0.25, 0.3) is 0 Å². The van der Waals surface area contributed by atoms with Crippen molar-refractivity contribution in [3.8, 4) is 11.5 Å². The standard InChI is InChI=1S/C24H29N3O4/c1-4-8-20(17-29-3)31-22-14-19(24(28)25-23-11-12-27(2)26-23)13-21(15-22)30-16-18-9-6-5-7-10-18/h5-7,9-15,20H,4,8,16-17H2,1-3H3,(H,25,26,28)/t20-/m0/s1. The largest absolute Gasteiger partial charge is 0.489 e. The number of ether oxygens (including phenoxy) is 3. The van der Waals surface area contributed by atoms with Crippen molar-refractivity contribution in [2.45, 2.75) is 32.5 Å². The second kappa shape index (κ2) is 11.2. The van der Waals surface area contributed by atoms with Crippen molar-refractivity contribution < 1.29 is 19.0 Å². The van der Waals surface area contributed by atoms with Crippen LogP contribution in [0.2, 0.25) is 0 Å². The average molecular weight is 424 g/mol. The van der Waals surface area contributed by atoms with Crippen LogP contribution < -0.4 is 14.8 Å². The fraction of sp³-hybridized carbons (Fsp3) is 0.333. The number of anilines is 1. The maximum Gasteiger partial charge on any atom is 0.257 e. The fourth-order valence-corrected chi connectivity index (χ4v) is 3.14. The first-order valence-electron chi connectivity index (χ1n) is 10.4. The minimum Gasteiger partial charge on any atom is -0.489 e. The van der Waals surface area contributed by atoms with E-state index in [1.807, 2.05) is 30.3 Å². The molecular weight excluding hydrogens is 394 g/mol. The van der Waals surface area contributed by atoms with Gasteiger partial charge < -0.3 is 19.5 Å². The van der Waals surface area contributed by atoms with Gasteiger partial charge in [0.1, 0.15) is 24.2 Å². The lowest BCUT2D eigenvalue weighted by Crippen LogP contribution is -2.22. The van der Waals surface area contributed by atoms with Crippen LogP contribution in [-0.4, -0.2) is 35.5 Å². The minimum absolute atomic E-state index is 0.105. The first-order chi connectivity index (χ1) is 15.1. The number of nitrogens with one attached hydrogen (secondary N) is 1. The van der Waals surface area contributed by atoms with Gasteiger partial charge in [-0.2, -0.15) is 5.10 Å². The van der Waals surface area contributed by atoms with Crippen molar-refractivity contribution in [3.05, 3.63) is 71.9 Å². The predicted octanol–water partition coefficient (Wildman–Crippen LogP) is 4.45. The first-order valence-corrected chi connectivity index (χ1v) is 10.4. The molecule has 1 N–H and O–H groups in total. The van der Waals surface area contributed by atoms with E-state index in [9.17, 15) is 4.79 Å². The Bertz CT molecular complexity index is 966. The molecule has 1 amide bonds. The van der Waals surface area contributed by atoms with Gasteiger partial charge in [0.15, 0.2) is 5.82 Å². The number of carbonyl (C=O) groups excluding carboxylic acids is 1. The lowest BCUT2D eigenvalue weighted by Gasteiger charge is -2.19. The van der Waals surface area contributed by atoms with Crippen LogP contribution in [0.4, 0.5) is 5.82 Å². The fourth-order valence-electron chi connectivity index (χ4n) is 3.14. The van der Waals surface area contributed by atoms with Crippen LogP contribution >= 0.6 is 0 Å². The summed E-state index contributed by atoms with van der Waals surface area (Å²) in [6.45, 7) is 2.96. The molecular formula is C24H29N3O4. The number of benzene rings is 2. The van der Waals surface area contributed by atoms with Crippen LogP contribution in [0.15, 0.2) is 60.8 Å². The topological polar surface area (TPSA) is 74.6 Å². The van der Waals surface area contributed by atoms with Gasteiger partial charge in [-0.3, -0.25) is 9.48 Å². The zero-order valence-electron chi connectivity index (χ0n) is 18.2. The number of hydrogen-bond acceptors (Lipinski definition) is 5. The number of carbonyl (C=O) groups is 1. The molecule has 2 aromatic carbocycles. The molecule has 1 aromatic heterocycles. The Balaban J connectivity index is 1.82. The number of rotatable bonds is 11. The summed E-state index contributed by atoms with van der Waals surface area (Å²) in [6.07, 6.45) is 3.47. The van der Waals surface area contributed by atoms with Crippen molar-refractivity contribution in [2.24, 2.45) is 7.05 Å². The van der Waals surface area contributed by atoms with E-state index in [0.717, 1.165) is 18.4 Å². The maximum absolute atomic E-state index is 12.8. The molecule has 1 heterocycles. The number of aromatic nitrogens is 2. The molecule has 0 spiro atoms. The van der Waals surface area contributed by atoms with Gasteiger partial charge in [0.05, 0.1) is 6.61 Å². The Hall–Kier alpha value is -3.32. The molecule has 3 rings (SSSR count). The van der Waals surface area contributed by atoms with Crippen LogP contribution in [0, 0.1) is 0 Å². The highest BCUT2D eigenvalue weighted by Gasteiger charge is 2.15. The Morgan fingerprint density at radius 3 is 2.58 bits per heavy atom. The van der Waals surface area contributed by atoms with Gasteiger partial charge in [0.2, 0.25) is 0 Å². The molecule has 31 heavy (non-hydrogen) atoms. The highest BCUT2D eigenvalue weighted by molar-refractivity contribution is 6.04. The molecule has 0 fully saturated rings. The van der Waals surface area contributed by atoms with Gasteiger partial charge >= 0.3 is 0 Å². The molecule has 7 heteroatoms. The summed E-state index contributed by atoms with van der Waals surface area (Å²) in [5.74, 6) is 1.31. The van der Waals surface area contributed by atoms with Crippen molar-refractivity contribution in [2.75, 3.05) is 19.0 Å². The molecule has 164 valence electrons. The van der Waals surface area contributed by atoms with Crippen molar-refractivity contribution in [1.29, 1.82) is 0 Å². The second-order valence-corrected chi connectivity index (χ2v) is 7.28. The zero-order valence-corrected chi connectivity index (χ0v) is 18.2. The van der Waals surface area contributed by atoms with Crippen LogP contribution in [0.1, 0.15) is 35.7 Å². The third kappa shape index (κ3) is 6.86. The summed E-state index contributed by atoms with van der Waals surface area (Å²) in [5.41, 5.74) is 1.47. The molecule has 0 bridgehead atoms. The zero-order chi connectivity index (χ0) is 22.1. The Morgan fingerprint density at radius 1 is 1.13 bits per heavy atom. The van der Waals surface area contributed by atoms with Gasteiger partial charge in [0, 0.05) is 38.1 Å². The molecule has 3 aromatic rings. The summed E-state index contributed by atoms with van der Waals surface area (Å²) in [7, 11) is 3.44. The Morgan fingerprint density at radius 2 is 1.90 bits per heavy atom. The summed E-state index contributed by atoms with van der Waals surface area (Å²) in [6, 6.07) is 16.8. The predicted molar refractivity (Wildman–Crippen MR) is 120 cm³/mol. The van der Waals surface area contributed by atoms with E-state index in [4.69, 9.17) is 14.2 Å². The van der Waals surface area contributed by atoms with Crippen molar-refractivity contribution in [1.82, 2.24) is 9.78 Å². The summed E-state index contributed by atoms with van der Waals surface area (Å²) in [4.78, 5) is 12.8. The molecule has 0 unspecified atom stereocenters. The summed E-state index contributed by atoms with van der Waals surface area (Å²) >= 11 is 0. The summed E-state index contributed by atoms with van der Waals surface area (Å²) < 4.78 is 19.0. The van der Waals surface area contributed by atoms with Crippen molar-refractivity contribution in [3.63, 3.8) is 0 Å². The van der Waals surface area contributed by atoms with Gasteiger partial charge in [-0.1, -0.05) is 43.7 Å². The third-order valence-electron chi connectivity index (χ3n) is 4.61. The number of aryl methyl sites for hydroxylation is 1. The Labute approximate surface area is 182 Å². The lowest BCUT2D eigenvalue weighted by molar-refractivity contribution is 0.0749. The normalized spacial score (nSPS) is 11.7. The monoisotopic (exact) mass is 423 g/mol. The quantitative estimate of drug-likeness (QED) is 0.493. The highest BCUT2D eigenvalue weighted by atomic mass is 16.5. The Kier molecular flexibility index (Phi) is 8.06. The number of methoxy groups -OCH3 is 1. The lowest BCUT2D eigenvalue weighted by atomic mass is 10.1. The van der Waals surface area contributed by atoms with E-state index in [0.29, 0.717) is 36.1 Å². The van der Waals surface area contributed by atoms with Crippen LogP contribution in [0.3, 0.4) is 0 Å². The van der Waals surface area contributed by atoms with Crippen LogP contribution in [-0.2, 0) is 18.4 Å². The minimum atomic E-state index is -0.285. The van der Waals surface area contributed by atoms with E-state index < -0.39 is 0 Å². The average Bonchev–Trinajstić information content (AvgIpc) is 3.17. The van der Waals surface area contributed by atoms with E-state index in [2.05, 4.69) is 17.3 Å². The molecule has 0 saturated heterocycles. The highest BCUT2D eigenvalue weighted by Crippen LogP contribution is 2.26. The molecule has 0 aliphatic rings. The van der Waals surface area contributed by atoms with Gasteiger partial charge in [-0.05, 0) is 24.1 Å². The molecule has 7 nitrogen and oxygen atoms in total. The van der Waals surface area contributed by atoms with E-state index in [1.54, 1.807) is 49.3 Å². The SMILES string of the molecule is CCC[C@@H](COC)Oc1cc(OCc2ccccc2)cc(C(=O)Nc2ccn(C)n2)c1.